The molecule has 2 fully saturated rings. The van der Waals surface area contributed by atoms with Gasteiger partial charge in [0.05, 0.1) is 23.1 Å². The molecule has 0 saturated heterocycles. The van der Waals surface area contributed by atoms with Crippen molar-refractivity contribution in [2.24, 2.45) is 5.92 Å². The molecule has 0 amide bonds. The molecule has 1 aromatic rings. The van der Waals surface area contributed by atoms with E-state index in [4.69, 9.17) is 24.1 Å². The van der Waals surface area contributed by atoms with Gasteiger partial charge in [0.2, 0.25) is 0 Å². The van der Waals surface area contributed by atoms with Crippen LogP contribution in [-0.2, 0) is 28.5 Å². The van der Waals surface area contributed by atoms with Gasteiger partial charge in [-0.3, -0.25) is 4.79 Å². The number of carboxylic acids is 1. The molecule has 2 aliphatic carbocycles. The fourth-order valence-corrected chi connectivity index (χ4v) is 4.17. The molecule has 0 aliphatic heterocycles. The van der Waals surface area contributed by atoms with E-state index in [-0.39, 0.29) is 31.0 Å². The van der Waals surface area contributed by atoms with E-state index in [1.165, 1.54) is 24.3 Å². The van der Waals surface area contributed by atoms with E-state index in [0.29, 0.717) is 62.5 Å². The van der Waals surface area contributed by atoms with Crippen molar-refractivity contribution in [2.75, 3.05) is 6.79 Å². The van der Waals surface area contributed by atoms with Crippen molar-refractivity contribution in [3.8, 4) is 0 Å². The smallest absolute Gasteiger partial charge is 0.338 e. The maximum Gasteiger partial charge on any atom is 0.338 e. The molecule has 0 radical (unpaired) electrons. The van der Waals surface area contributed by atoms with Gasteiger partial charge in [-0.05, 0) is 75.6 Å². The molecule has 2 saturated carbocycles. The van der Waals surface area contributed by atoms with Gasteiger partial charge in [0.1, 0.15) is 12.2 Å². The van der Waals surface area contributed by atoms with Gasteiger partial charge in [-0.2, -0.15) is 0 Å². The Morgan fingerprint density at radius 2 is 1.24 bits per heavy atom. The van der Waals surface area contributed by atoms with Gasteiger partial charge in [0.15, 0.2) is 6.79 Å². The van der Waals surface area contributed by atoms with Crippen LogP contribution in [0.4, 0.5) is 0 Å². The second-order valence-corrected chi connectivity index (χ2v) is 8.55. The summed E-state index contributed by atoms with van der Waals surface area (Å²) in [5.74, 6) is -2.67. The predicted octanol–water partition coefficient (Wildman–Crippen LogP) is 3.66. The molecule has 0 atom stereocenters. The molecule has 2 aliphatic rings. The lowest BCUT2D eigenvalue weighted by atomic mass is 9.87. The molecule has 0 bridgehead atoms. The maximum atomic E-state index is 12.5. The summed E-state index contributed by atoms with van der Waals surface area (Å²) in [7, 11) is 0. The first kappa shape index (κ1) is 25.4. The van der Waals surface area contributed by atoms with E-state index in [9.17, 15) is 19.2 Å². The summed E-state index contributed by atoms with van der Waals surface area (Å²) in [5, 5.41) is 9.06. The Morgan fingerprint density at radius 3 is 1.68 bits per heavy atom. The van der Waals surface area contributed by atoms with Crippen LogP contribution < -0.4 is 0 Å². The Hall–Kier alpha value is -3.20. The standard InChI is InChI=1S/C25H30O9/c1-2-22(26)32-15-31-19-11-13-21(14-12-19)34-25(30)18-5-3-17(4-6-18)24(29)33-20-9-7-16(8-10-20)23(27)28/h2-6,16,19-21H,1,7-15H2,(H,27,28). The highest BCUT2D eigenvalue weighted by Crippen LogP contribution is 2.27. The molecule has 0 spiro atoms. The molecule has 34 heavy (non-hydrogen) atoms. The normalized spacial score (nSPS) is 24.5. The van der Waals surface area contributed by atoms with Gasteiger partial charge in [-0.25, -0.2) is 14.4 Å². The number of benzene rings is 1. The highest BCUT2D eigenvalue weighted by Gasteiger charge is 2.28. The van der Waals surface area contributed by atoms with Crippen LogP contribution in [0.5, 0.6) is 0 Å². The third-order valence-electron chi connectivity index (χ3n) is 6.22. The van der Waals surface area contributed by atoms with Gasteiger partial charge >= 0.3 is 23.9 Å². The average molecular weight is 475 g/mol. The van der Waals surface area contributed by atoms with Gasteiger partial charge in [-0.15, -0.1) is 0 Å². The van der Waals surface area contributed by atoms with Gasteiger partial charge in [-0.1, -0.05) is 6.58 Å². The van der Waals surface area contributed by atoms with E-state index in [1.807, 2.05) is 0 Å². The summed E-state index contributed by atoms with van der Waals surface area (Å²) in [6.07, 6.45) is 5.19. The van der Waals surface area contributed by atoms with Crippen LogP contribution in [0, 0.1) is 5.92 Å². The van der Waals surface area contributed by atoms with Crippen LogP contribution >= 0.6 is 0 Å². The molecule has 9 heteroatoms. The lowest BCUT2D eigenvalue weighted by Crippen LogP contribution is -2.29. The summed E-state index contributed by atoms with van der Waals surface area (Å²) in [6.45, 7) is 3.19. The largest absolute Gasteiger partial charge is 0.481 e. The topological polar surface area (TPSA) is 125 Å². The average Bonchev–Trinajstić information content (AvgIpc) is 2.85. The van der Waals surface area contributed by atoms with Crippen LogP contribution in [0.3, 0.4) is 0 Å². The summed E-state index contributed by atoms with van der Waals surface area (Å²) in [6, 6.07) is 6.11. The van der Waals surface area contributed by atoms with Crippen molar-refractivity contribution in [2.45, 2.75) is 69.7 Å². The third-order valence-corrected chi connectivity index (χ3v) is 6.22. The first-order valence-electron chi connectivity index (χ1n) is 11.5. The number of hydrogen-bond donors (Lipinski definition) is 1. The zero-order valence-corrected chi connectivity index (χ0v) is 19.0. The highest BCUT2D eigenvalue weighted by molar-refractivity contribution is 5.93. The minimum atomic E-state index is -0.805. The molecule has 0 unspecified atom stereocenters. The quantitative estimate of drug-likeness (QED) is 0.247. The highest BCUT2D eigenvalue weighted by atomic mass is 16.7. The van der Waals surface area contributed by atoms with E-state index in [1.54, 1.807) is 0 Å². The van der Waals surface area contributed by atoms with Crippen molar-refractivity contribution in [1.29, 1.82) is 0 Å². The maximum absolute atomic E-state index is 12.5. The molecule has 3 rings (SSSR count). The summed E-state index contributed by atoms with van der Waals surface area (Å²) in [5.41, 5.74) is 0.667. The predicted molar refractivity (Wildman–Crippen MR) is 119 cm³/mol. The molecular formula is C25H30O9. The number of carboxylic acid groups (broad SMARTS) is 1. The third kappa shape index (κ3) is 7.41. The Morgan fingerprint density at radius 1 is 0.794 bits per heavy atom. The fourth-order valence-electron chi connectivity index (χ4n) is 4.17. The fraction of sp³-hybridized carbons (Fsp3) is 0.520. The Labute approximate surface area is 198 Å². The molecule has 184 valence electrons. The molecule has 1 N–H and O–H groups in total. The first-order valence-corrected chi connectivity index (χ1v) is 11.5. The van der Waals surface area contributed by atoms with E-state index in [0.717, 1.165) is 6.08 Å². The van der Waals surface area contributed by atoms with Crippen molar-refractivity contribution in [1.82, 2.24) is 0 Å². The minimum absolute atomic E-state index is 0.0583. The van der Waals surface area contributed by atoms with Crippen LogP contribution in [0.25, 0.3) is 0 Å². The zero-order valence-electron chi connectivity index (χ0n) is 19.0. The summed E-state index contributed by atoms with van der Waals surface area (Å²) >= 11 is 0. The molecular weight excluding hydrogens is 444 g/mol. The minimum Gasteiger partial charge on any atom is -0.481 e. The van der Waals surface area contributed by atoms with E-state index < -0.39 is 23.9 Å². The van der Waals surface area contributed by atoms with Crippen molar-refractivity contribution in [3.63, 3.8) is 0 Å². The number of carbonyl (C=O) groups excluding carboxylic acids is 3. The zero-order chi connectivity index (χ0) is 24.5. The number of esters is 3. The second kappa shape index (κ2) is 12.3. The molecule has 0 aromatic heterocycles. The first-order chi connectivity index (χ1) is 16.4. The van der Waals surface area contributed by atoms with Gasteiger partial charge in [0.25, 0.3) is 0 Å². The molecule has 9 nitrogen and oxygen atoms in total. The lowest BCUT2D eigenvalue weighted by molar-refractivity contribution is -0.157. The SMILES string of the molecule is C=CC(=O)OCOC1CCC(OC(=O)c2ccc(C(=O)OC3CCC(C(=O)O)CC3)cc2)CC1. The van der Waals surface area contributed by atoms with Gasteiger partial charge < -0.3 is 24.1 Å². The summed E-state index contributed by atoms with van der Waals surface area (Å²) < 4.78 is 21.4. The monoisotopic (exact) mass is 474 g/mol. The van der Waals surface area contributed by atoms with Crippen LogP contribution in [0.2, 0.25) is 0 Å². The number of carbonyl (C=O) groups is 4. The number of ether oxygens (including phenoxy) is 4. The van der Waals surface area contributed by atoms with Crippen molar-refractivity contribution < 1.29 is 43.2 Å². The molecule has 0 heterocycles. The number of aliphatic carboxylic acids is 1. The van der Waals surface area contributed by atoms with E-state index >= 15 is 0 Å². The van der Waals surface area contributed by atoms with Crippen molar-refractivity contribution in [3.05, 3.63) is 48.0 Å². The Balaban J connectivity index is 1.39. The molecule has 1 aromatic carbocycles. The Bertz CT molecular complexity index is 876. The van der Waals surface area contributed by atoms with Crippen LogP contribution in [0.1, 0.15) is 72.1 Å². The van der Waals surface area contributed by atoms with Crippen LogP contribution in [0.15, 0.2) is 36.9 Å². The second-order valence-electron chi connectivity index (χ2n) is 8.55. The Kier molecular flexibility index (Phi) is 9.21. The van der Waals surface area contributed by atoms with Crippen molar-refractivity contribution >= 4 is 23.9 Å². The summed E-state index contributed by atoms with van der Waals surface area (Å²) in [4.78, 5) is 46.9. The van der Waals surface area contributed by atoms with Crippen LogP contribution in [-0.4, -0.2) is 54.1 Å². The number of hydrogen-bond acceptors (Lipinski definition) is 8. The van der Waals surface area contributed by atoms with E-state index in [2.05, 4.69) is 6.58 Å². The lowest BCUT2D eigenvalue weighted by Gasteiger charge is -2.28. The van der Waals surface area contributed by atoms with Gasteiger partial charge in [0, 0.05) is 6.08 Å². The number of rotatable bonds is 9.